The number of fused-ring (bicyclic) bond motifs is 2. The van der Waals surface area contributed by atoms with Crippen LogP contribution in [0.5, 0.6) is 0 Å². The van der Waals surface area contributed by atoms with Crippen LogP contribution in [0.15, 0.2) is 45.8 Å². The number of ether oxygens (including phenoxy) is 1. The molecule has 2 aromatic carbocycles. The van der Waals surface area contributed by atoms with Crippen LogP contribution in [0, 0.1) is 5.82 Å². The summed E-state index contributed by atoms with van der Waals surface area (Å²) in [6, 6.07) is 9.76. The summed E-state index contributed by atoms with van der Waals surface area (Å²) < 4.78 is 61.4. The van der Waals surface area contributed by atoms with Gasteiger partial charge in [-0.2, -0.15) is 18.2 Å². The van der Waals surface area contributed by atoms with Gasteiger partial charge in [0.05, 0.1) is 11.7 Å². The summed E-state index contributed by atoms with van der Waals surface area (Å²) in [7, 11) is 0. The van der Waals surface area contributed by atoms with Gasteiger partial charge in [-0.25, -0.2) is 4.39 Å². The number of nitrogens with one attached hydrogen (secondary N) is 2. The summed E-state index contributed by atoms with van der Waals surface area (Å²) in [5, 5.41) is 12.2. The van der Waals surface area contributed by atoms with Gasteiger partial charge in [-0.3, -0.25) is 0 Å². The van der Waals surface area contributed by atoms with Crippen molar-refractivity contribution in [3.8, 4) is 0 Å². The van der Waals surface area contributed by atoms with Crippen LogP contribution >= 0.6 is 0 Å². The van der Waals surface area contributed by atoms with Crippen molar-refractivity contribution in [2.24, 2.45) is 4.99 Å². The molecule has 0 amide bonds. The third-order valence-corrected chi connectivity index (χ3v) is 5.07. The van der Waals surface area contributed by atoms with Crippen molar-refractivity contribution in [2.45, 2.75) is 31.7 Å². The molecule has 160 valence electrons. The highest BCUT2D eigenvalue weighted by Gasteiger charge is 2.38. The van der Waals surface area contributed by atoms with E-state index in [0.29, 0.717) is 17.4 Å². The van der Waals surface area contributed by atoms with Crippen molar-refractivity contribution in [2.75, 3.05) is 5.32 Å². The molecule has 1 aliphatic carbocycles. The van der Waals surface area contributed by atoms with Crippen molar-refractivity contribution in [1.82, 2.24) is 15.5 Å². The van der Waals surface area contributed by atoms with Gasteiger partial charge in [0.25, 0.3) is 6.02 Å². The van der Waals surface area contributed by atoms with Crippen LogP contribution in [0.25, 0.3) is 0 Å². The van der Waals surface area contributed by atoms with E-state index in [4.69, 9.17) is 4.74 Å². The second-order valence-corrected chi connectivity index (χ2v) is 7.16. The van der Waals surface area contributed by atoms with E-state index in [0.717, 1.165) is 29.5 Å². The zero-order valence-electron chi connectivity index (χ0n) is 15.8. The number of alkyl halides is 3. The van der Waals surface area contributed by atoms with E-state index in [1.54, 1.807) is 30.3 Å². The number of hydrogen-bond donors (Lipinski definition) is 2. The van der Waals surface area contributed by atoms with Gasteiger partial charge in [0, 0.05) is 11.3 Å². The van der Waals surface area contributed by atoms with Crippen LogP contribution in [0.2, 0.25) is 0 Å². The number of nitrogens with zero attached hydrogens (tertiary/aromatic N) is 3. The van der Waals surface area contributed by atoms with E-state index in [9.17, 15) is 17.6 Å². The van der Waals surface area contributed by atoms with Gasteiger partial charge in [-0.15, -0.1) is 5.10 Å². The Morgan fingerprint density at radius 3 is 2.71 bits per heavy atom. The van der Waals surface area contributed by atoms with Gasteiger partial charge >= 0.3 is 18.1 Å². The predicted octanol–water partition coefficient (Wildman–Crippen LogP) is 4.77. The molecule has 1 atom stereocenters. The molecule has 2 heterocycles. The predicted molar refractivity (Wildman–Crippen MR) is 102 cm³/mol. The molecular formula is C20H15F4N5O2. The second-order valence-electron chi connectivity index (χ2n) is 7.16. The molecule has 0 saturated heterocycles. The fourth-order valence-corrected chi connectivity index (χ4v) is 3.65. The molecule has 0 radical (unpaired) electrons. The van der Waals surface area contributed by atoms with Crippen molar-refractivity contribution in [3.63, 3.8) is 0 Å². The molecule has 0 saturated carbocycles. The highest BCUT2D eigenvalue weighted by Crippen LogP contribution is 2.34. The van der Waals surface area contributed by atoms with Crippen molar-refractivity contribution < 1.29 is 26.7 Å². The minimum Gasteiger partial charge on any atom is -0.460 e. The lowest BCUT2D eigenvalue weighted by Gasteiger charge is -2.22. The first kappa shape index (κ1) is 19.3. The lowest BCUT2D eigenvalue weighted by Crippen LogP contribution is -2.30. The Balaban J connectivity index is 1.29. The number of halogens is 4. The fourth-order valence-electron chi connectivity index (χ4n) is 3.65. The molecule has 3 aromatic rings. The number of benzene rings is 2. The molecule has 5 rings (SSSR count). The number of aryl methyl sites for hydroxylation is 1. The zero-order valence-corrected chi connectivity index (χ0v) is 15.8. The maximum absolute atomic E-state index is 13.4. The Kier molecular flexibility index (Phi) is 4.53. The van der Waals surface area contributed by atoms with Crippen molar-refractivity contribution in [3.05, 3.63) is 64.8 Å². The van der Waals surface area contributed by atoms with Crippen LogP contribution < -0.4 is 10.6 Å². The summed E-state index contributed by atoms with van der Waals surface area (Å²) in [6.45, 7) is 0.220. The average molecular weight is 433 g/mol. The number of hydrogen-bond acceptors (Lipinski definition) is 7. The number of aromatic nitrogens is 2. The van der Waals surface area contributed by atoms with Crippen LogP contribution in [-0.2, 0) is 23.9 Å². The number of aliphatic imine (C=N–C) groups is 1. The molecule has 0 fully saturated rings. The molecule has 0 bridgehead atoms. The Labute approximate surface area is 173 Å². The summed E-state index contributed by atoms with van der Waals surface area (Å²) in [5.41, 5.74) is 3.85. The van der Waals surface area contributed by atoms with Gasteiger partial charge in [0.2, 0.25) is 0 Å². The first-order valence-corrected chi connectivity index (χ1v) is 9.42. The maximum Gasteiger partial charge on any atom is 0.470 e. The highest BCUT2D eigenvalue weighted by atomic mass is 19.4. The Morgan fingerprint density at radius 2 is 1.90 bits per heavy atom. The lowest BCUT2D eigenvalue weighted by molar-refractivity contribution is -0.156. The highest BCUT2D eigenvalue weighted by molar-refractivity contribution is 5.80. The van der Waals surface area contributed by atoms with E-state index in [1.165, 1.54) is 6.07 Å². The zero-order chi connectivity index (χ0) is 21.6. The minimum atomic E-state index is -4.71. The number of rotatable bonds is 3. The van der Waals surface area contributed by atoms with Gasteiger partial charge in [0.15, 0.2) is 0 Å². The van der Waals surface area contributed by atoms with Crippen LogP contribution in [-0.4, -0.2) is 16.2 Å². The largest absolute Gasteiger partial charge is 0.470 e. The van der Waals surface area contributed by atoms with E-state index in [2.05, 4.69) is 30.2 Å². The van der Waals surface area contributed by atoms with Crippen molar-refractivity contribution >= 4 is 23.4 Å². The van der Waals surface area contributed by atoms with Gasteiger partial charge in [-0.1, -0.05) is 11.2 Å². The summed E-state index contributed by atoms with van der Waals surface area (Å²) in [6.07, 6.45) is -3.13. The third-order valence-electron chi connectivity index (χ3n) is 5.07. The molecule has 31 heavy (non-hydrogen) atoms. The molecule has 1 unspecified atom stereocenters. The normalized spacial score (nSPS) is 17.4. The second kappa shape index (κ2) is 7.25. The molecule has 1 aromatic heterocycles. The fraction of sp³-hybridized carbons (Fsp3) is 0.250. The summed E-state index contributed by atoms with van der Waals surface area (Å²) in [4.78, 5) is 4.47. The molecule has 1 aliphatic heterocycles. The van der Waals surface area contributed by atoms with Crippen LogP contribution in [0.1, 0.15) is 35.0 Å². The molecule has 11 heteroatoms. The minimum absolute atomic E-state index is 0.0165. The Bertz CT molecular complexity index is 1170. The monoisotopic (exact) mass is 433 g/mol. The van der Waals surface area contributed by atoms with Crippen molar-refractivity contribution in [1.29, 1.82) is 0 Å². The quantitative estimate of drug-likeness (QED) is 0.579. The molecule has 2 N–H and O–H groups in total. The number of amidine groups is 1. The van der Waals surface area contributed by atoms with E-state index < -0.39 is 12.1 Å². The van der Waals surface area contributed by atoms with E-state index >= 15 is 0 Å². The van der Waals surface area contributed by atoms with Crippen LogP contribution in [0.3, 0.4) is 0 Å². The maximum atomic E-state index is 13.4. The van der Waals surface area contributed by atoms with E-state index in [-0.39, 0.29) is 24.5 Å². The Hall–Kier alpha value is -3.63. The SMILES string of the molecule is Fc1ccc2c(c1)CCC2NC1=Nc2ccc(Nc3nnc(C(F)(F)F)o3)cc2CO1. The lowest BCUT2D eigenvalue weighted by atomic mass is 10.1. The third kappa shape index (κ3) is 3.90. The molecular weight excluding hydrogens is 418 g/mol. The van der Waals surface area contributed by atoms with Crippen LogP contribution in [0.4, 0.5) is 35.0 Å². The van der Waals surface area contributed by atoms with E-state index in [1.807, 2.05) is 0 Å². The first-order chi connectivity index (χ1) is 14.8. The Morgan fingerprint density at radius 1 is 1.03 bits per heavy atom. The average Bonchev–Trinajstić information content (AvgIpc) is 3.35. The topological polar surface area (TPSA) is 84.6 Å². The summed E-state index contributed by atoms with van der Waals surface area (Å²) >= 11 is 0. The standard InChI is InChI=1S/C20H15F4N5O2/c21-12-2-4-14-10(7-12)1-5-16(14)27-18-26-15-6-3-13(8-11(15)9-30-18)25-19-29-28-17(31-19)20(22,23)24/h2-4,6-8,16H,1,5,9H2,(H,25,29)(H,26,27). The van der Waals surface area contributed by atoms with Gasteiger partial charge < -0.3 is 19.8 Å². The van der Waals surface area contributed by atoms with Gasteiger partial charge in [-0.05, 0) is 54.3 Å². The molecule has 0 spiro atoms. The smallest absolute Gasteiger partial charge is 0.460 e. The molecule has 7 nitrogen and oxygen atoms in total. The van der Waals surface area contributed by atoms with Gasteiger partial charge in [0.1, 0.15) is 12.4 Å². The molecule has 2 aliphatic rings. The number of anilines is 2. The summed E-state index contributed by atoms with van der Waals surface area (Å²) in [5.74, 6) is -1.67. The first-order valence-electron chi connectivity index (χ1n) is 9.42.